The molecular weight excluding hydrogens is 743 g/mol. The molecule has 3 atom stereocenters. The Hall–Kier alpha value is -3.43. The highest BCUT2D eigenvalue weighted by molar-refractivity contribution is 6.99. The quantitative estimate of drug-likeness (QED) is 0.211. The van der Waals surface area contributed by atoms with Gasteiger partial charge in [0.1, 0.15) is 12.3 Å². The molecule has 306 valence electrons. The van der Waals surface area contributed by atoms with Gasteiger partial charge in [0.2, 0.25) is 17.5 Å². The summed E-state index contributed by atoms with van der Waals surface area (Å²) in [6.45, 7) is 8.50. The largest absolute Gasteiger partial charge is 0.405 e. The molecular formula is C44H57N3O9Si. The summed E-state index contributed by atoms with van der Waals surface area (Å²) in [4.78, 5) is 66.4. The Labute approximate surface area is 334 Å². The van der Waals surface area contributed by atoms with Gasteiger partial charge in [0.15, 0.2) is 0 Å². The van der Waals surface area contributed by atoms with E-state index in [1.54, 1.807) is 6.92 Å². The van der Waals surface area contributed by atoms with Crippen LogP contribution in [0.15, 0.2) is 76.4 Å². The summed E-state index contributed by atoms with van der Waals surface area (Å²) >= 11 is 0. The zero-order valence-electron chi connectivity index (χ0n) is 33.6. The van der Waals surface area contributed by atoms with Gasteiger partial charge in [-0.25, -0.2) is 4.79 Å². The third kappa shape index (κ3) is 7.10. The molecule has 13 heteroatoms. The van der Waals surface area contributed by atoms with Gasteiger partial charge in [-0.1, -0.05) is 81.4 Å². The summed E-state index contributed by atoms with van der Waals surface area (Å²) < 4.78 is 15.3. The Morgan fingerprint density at radius 1 is 0.860 bits per heavy atom. The van der Waals surface area contributed by atoms with E-state index >= 15 is 0 Å². The summed E-state index contributed by atoms with van der Waals surface area (Å²) in [6.07, 6.45) is 9.30. The van der Waals surface area contributed by atoms with E-state index in [4.69, 9.17) is 28.7 Å². The van der Waals surface area contributed by atoms with Crippen LogP contribution in [0.4, 0.5) is 0 Å². The fourth-order valence-corrected chi connectivity index (χ4v) is 16.0. The number of amides is 1. The standard InChI is InChI=1S/C44H57N3O9Si/c1-28-26-47(41(50)46-40(28)49)39-25-36(37(52-39)27-51-57(42(2,3)4,34-11-7-5-8-12-34)35-13-9-6-10-14-35)45-38(48)24-29-15-17-43(18-16-29)53-55-44(56-54-43)32-20-30-19-31(22-32)23-33(44)21-30/h5-14,26,29-33,36-37,39H,15-25,27H2,1-4H3,(H,45,48)(H,46,49,50)/t29?,30?,31?,32?,33?,36-,37+,39+,43?,44?/m0/s1. The van der Waals surface area contributed by atoms with Gasteiger partial charge in [-0.05, 0) is 85.0 Å². The fraction of sp³-hybridized carbons (Fsp3) is 0.614. The van der Waals surface area contributed by atoms with Gasteiger partial charge in [0.25, 0.3) is 13.9 Å². The van der Waals surface area contributed by atoms with Crippen molar-refractivity contribution >= 4 is 24.6 Å². The van der Waals surface area contributed by atoms with Gasteiger partial charge >= 0.3 is 5.69 Å². The summed E-state index contributed by atoms with van der Waals surface area (Å²) in [6, 6.07) is 20.3. The van der Waals surface area contributed by atoms with Gasteiger partial charge in [-0.3, -0.25) is 19.1 Å². The number of benzene rings is 2. The molecule has 2 N–H and O–H groups in total. The fourth-order valence-electron chi connectivity index (χ4n) is 11.4. The third-order valence-corrected chi connectivity index (χ3v) is 19.2. The Balaban J connectivity index is 0.888. The normalized spacial score (nSPS) is 34.9. The molecule has 5 saturated carbocycles. The summed E-state index contributed by atoms with van der Waals surface area (Å²) in [5.74, 6) is 0.463. The molecule has 3 aromatic rings. The van der Waals surface area contributed by atoms with Crippen molar-refractivity contribution in [2.24, 2.45) is 29.6 Å². The Kier molecular flexibility index (Phi) is 10.3. The lowest BCUT2D eigenvalue weighted by molar-refractivity contribution is -0.680. The van der Waals surface area contributed by atoms with E-state index in [9.17, 15) is 14.4 Å². The first kappa shape index (κ1) is 39.1. The van der Waals surface area contributed by atoms with Crippen LogP contribution in [0.1, 0.15) is 103 Å². The Morgan fingerprint density at radius 2 is 1.44 bits per heavy atom. The number of nitrogens with zero attached hydrogens (tertiary/aromatic N) is 1. The van der Waals surface area contributed by atoms with Crippen molar-refractivity contribution in [1.82, 2.24) is 14.9 Å². The van der Waals surface area contributed by atoms with Crippen LogP contribution in [-0.4, -0.2) is 54.1 Å². The number of aryl methyl sites for hydroxylation is 1. The minimum atomic E-state index is -2.94. The second-order valence-electron chi connectivity index (χ2n) is 18.9. The van der Waals surface area contributed by atoms with Crippen molar-refractivity contribution in [3.05, 3.63) is 93.3 Å². The first-order valence-electron chi connectivity index (χ1n) is 21.1. The SMILES string of the molecule is Cc1cn([C@H]2C[C@H](NC(=O)CC3CCC4(CC3)OOC3(OO4)C4CC5CC(C4)CC3C5)[C@@H](CO[Si](c3ccccc3)(c3ccccc3)C(C)(C)C)O2)c(=O)[nH]c1=O. The van der Waals surface area contributed by atoms with Crippen molar-refractivity contribution in [2.45, 2.75) is 133 Å². The highest BCUT2D eigenvalue weighted by atomic mass is 28.4. The van der Waals surface area contributed by atoms with Gasteiger partial charge in [0, 0.05) is 49.3 Å². The van der Waals surface area contributed by atoms with Crippen molar-refractivity contribution in [1.29, 1.82) is 0 Å². The second kappa shape index (κ2) is 15.0. The van der Waals surface area contributed by atoms with Crippen LogP contribution in [0.2, 0.25) is 5.04 Å². The van der Waals surface area contributed by atoms with Crippen LogP contribution in [0.3, 0.4) is 0 Å². The molecule has 10 rings (SSSR count). The number of carbonyl (C=O) groups is 1. The van der Waals surface area contributed by atoms with E-state index < -0.39 is 49.5 Å². The predicted molar refractivity (Wildman–Crippen MR) is 214 cm³/mol. The number of H-pyrrole nitrogens is 1. The molecule has 0 radical (unpaired) electrons. The number of hydrogen-bond acceptors (Lipinski definition) is 9. The van der Waals surface area contributed by atoms with Gasteiger partial charge in [0.05, 0.1) is 12.6 Å². The zero-order chi connectivity index (χ0) is 39.6. The molecule has 1 aromatic heterocycles. The molecule has 2 aliphatic heterocycles. The van der Waals surface area contributed by atoms with Gasteiger partial charge in [-0.15, -0.1) is 0 Å². The topological polar surface area (TPSA) is 139 Å². The maximum absolute atomic E-state index is 13.9. The van der Waals surface area contributed by atoms with Crippen LogP contribution in [-0.2, 0) is 33.5 Å². The van der Waals surface area contributed by atoms with Gasteiger partial charge in [-0.2, -0.15) is 19.6 Å². The van der Waals surface area contributed by atoms with E-state index in [-0.39, 0.29) is 23.5 Å². The average Bonchev–Trinajstić information content (AvgIpc) is 3.59. The lowest BCUT2D eigenvalue weighted by Gasteiger charge is -2.60. The lowest BCUT2D eigenvalue weighted by Crippen LogP contribution is -2.67. The first-order chi connectivity index (χ1) is 27.4. The molecule has 2 aromatic carbocycles. The minimum Gasteiger partial charge on any atom is -0.405 e. The number of aromatic amines is 1. The maximum Gasteiger partial charge on any atom is 0.330 e. The second-order valence-corrected chi connectivity index (χ2v) is 23.2. The Morgan fingerprint density at radius 3 is 2.00 bits per heavy atom. The maximum atomic E-state index is 13.9. The highest BCUT2D eigenvalue weighted by Crippen LogP contribution is 2.62. The number of hydrogen-bond donors (Lipinski definition) is 2. The van der Waals surface area contributed by atoms with Crippen LogP contribution < -0.4 is 26.9 Å². The molecule has 7 fully saturated rings. The highest BCUT2D eigenvalue weighted by Gasteiger charge is 2.65. The molecule has 2 saturated heterocycles. The number of nitrogens with one attached hydrogen (secondary N) is 2. The number of ether oxygens (including phenoxy) is 1. The van der Waals surface area contributed by atoms with E-state index in [2.05, 4.69) is 55.3 Å². The van der Waals surface area contributed by atoms with Gasteiger partial charge < -0.3 is 14.5 Å². The summed E-state index contributed by atoms with van der Waals surface area (Å²) in [7, 11) is -2.94. The van der Waals surface area contributed by atoms with E-state index in [0.29, 0.717) is 43.1 Å². The van der Waals surface area contributed by atoms with Crippen LogP contribution in [0.5, 0.6) is 0 Å². The van der Waals surface area contributed by atoms with E-state index in [1.807, 2.05) is 36.4 Å². The van der Waals surface area contributed by atoms with Crippen molar-refractivity contribution in [2.75, 3.05) is 6.61 Å². The van der Waals surface area contributed by atoms with Crippen LogP contribution in [0.25, 0.3) is 0 Å². The van der Waals surface area contributed by atoms with Crippen molar-refractivity contribution < 1.29 is 33.5 Å². The summed E-state index contributed by atoms with van der Waals surface area (Å²) in [5, 5.41) is 5.29. The predicted octanol–water partition coefficient (Wildman–Crippen LogP) is 5.53. The average molecular weight is 800 g/mol. The zero-order valence-corrected chi connectivity index (χ0v) is 34.6. The molecule has 4 bridgehead atoms. The number of rotatable bonds is 9. The van der Waals surface area contributed by atoms with Crippen LogP contribution in [0, 0.1) is 36.5 Å². The Bertz CT molecular complexity index is 1960. The van der Waals surface area contributed by atoms with Crippen molar-refractivity contribution in [3.8, 4) is 0 Å². The molecule has 2 spiro atoms. The molecule has 12 nitrogen and oxygen atoms in total. The van der Waals surface area contributed by atoms with Crippen molar-refractivity contribution in [3.63, 3.8) is 0 Å². The molecule has 0 unspecified atom stereocenters. The summed E-state index contributed by atoms with van der Waals surface area (Å²) in [5.41, 5.74) is -0.593. The smallest absolute Gasteiger partial charge is 0.330 e. The minimum absolute atomic E-state index is 0.0869. The monoisotopic (exact) mass is 799 g/mol. The van der Waals surface area contributed by atoms with Crippen LogP contribution >= 0.6 is 0 Å². The molecule has 3 heterocycles. The molecule has 1 amide bonds. The molecule has 7 aliphatic rings. The first-order valence-corrected chi connectivity index (χ1v) is 23.0. The molecule has 5 aliphatic carbocycles. The number of aromatic nitrogens is 2. The number of carbonyl (C=O) groups excluding carboxylic acids is 1. The van der Waals surface area contributed by atoms with E-state index in [0.717, 1.165) is 60.7 Å². The van der Waals surface area contributed by atoms with E-state index in [1.165, 1.54) is 17.2 Å². The molecule has 57 heavy (non-hydrogen) atoms. The lowest BCUT2D eigenvalue weighted by atomic mass is 9.53. The third-order valence-electron chi connectivity index (χ3n) is 14.2.